The van der Waals surface area contributed by atoms with Gasteiger partial charge in [-0.05, 0) is 64.6 Å². The molecule has 0 unspecified atom stereocenters. The molecule has 0 radical (unpaired) electrons. The Labute approximate surface area is 147 Å². The second kappa shape index (κ2) is 6.19. The summed E-state index contributed by atoms with van der Waals surface area (Å²) in [5.41, 5.74) is 1.26. The minimum atomic E-state index is -0.114. The van der Waals surface area contributed by atoms with Crippen LogP contribution in [0.3, 0.4) is 0 Å². The molecule has 130 valence electrons. The average molecular weight is 347 g/mol. The van der Waals surface area contributed by atoms with Gasteiger partial charge >= 0.3 is 0 Å². The lowest BCUT2D eigenvalue weighted by Gasteiger charge is -2.30. The lowest BCUT2D eigenvalue weighted by molar-refractivity contribution is 0.194. The van der Waals surface area contributed by atoms with Crippen LogP contribution in [-0.4, -0.2) is 43.2 Å². The number of fused-ring (bicyclic) bond motifs is 1. The molecule has 0 N–H and O–H groups in total. The quantitative estimate of drug-likeness (QED) is 0.855. The minimum absolute atomic E-state index is 0.114. The van der Waals surface area contributed by atoms with Gasteiger partial charge in [0, 0.05) is 17.3 Å². The highest BCUT2D eigenvalue weighted by atomic mass is 32.1. The van der Waals surface area contributed by atoms with Crippen LogP contribution in [0, 0.1) is 0 Å². The fraction of sp³-hybridized carbons (Fsp3) is 0.765. The van der Waals surface area contributed by atoms with Crippen molar-refractivity contribution in [2.75, 3.05) is 13.1 Å². The molecular formula is C17H26N6S. The highest BCUT2D eigenvalue weighted by Gasteiger charge is 2.27. The average Bonchev–Trinajstić information content (AvgIpc) is 3.21. The third kappa shape index (κ3) is 3.24. The van der Waals surface area contributed by atoms with Crippen LogP contribution in [0.2, 0.25) is 0 Å². The van der Waals surface area contributed by atoms with Crippen LogP contribution in [0.5, 0.6) is 0 Å². The lowest BCUT2D eigenvalue weighted by Crippen LogP contribution is -2.34. The van der Waals surface area contributed by atoms with Crippen molar-refractivity contribution < 1.29 is 0 Å². The summed E-state index contributed by atoms with van der Waals surface area (Å²) in [6.45, 7) is 9.25. The van der Waals surface area contributed by atoms with Gasteiger partial charge in [0.25, 0.3) is 0 Å². The van der Waals surface area contributed by atoms with Crippen molar-refractivity contribution in [3.8, 4) is 0 Å². The minimum Gasteiger partial charge on any atom is -0.295 e. The number of aryl methyl sites for hydroxylation is 2. The lowest BCUT2D eigenvalue weighted by atomic mass is 9.99. The van der Waals surface area contributed by atoms with Gasteiger partial charge in [-0.3, -0.25) is 4.90 Å². The molecule has 0 saturated carbocycles. The van der Waals surface area contributed by atoms with E-state index < -0.39 is 0 Å². The number of hydrogen-bond donors (Lipinski definition) is 0. The number of tetrazole rings is 1. The molecule has 0 bridgehead atoms. The predicted molar refractivity (Wildman–Crippen MR) is 94.2 cm³/mol. The molecule has 0 aromatic carbocycles. The molecule has 1 aliphatic carbocycles. The standard InChI is InChI=1S/C17H26N6S/c1-17(2,3)23-20-15(19-21-23)11-22-9-5-6-12(10-22)16-18-13-7-4-8-14(13)24-16/h12H,4-11H2,1-3H3/t12-/m0/s1. The fourth-order valence-corrected chi connectivity index (χ4v) is 4.86. The maximum Gasteiger partial charge on any atom is 0.188 e. The van der Waals surface area contributed by atoms with Gasteiger partial charge in [0.2, 0.25) is 0 Å². The largest absolute Gasteiger partial charge is 0.295 e. The summed E-state index contributed by atoms with van der Waals surface area (Å²) in [5.74, 6) is 1.40. The second-order valence-electron chi connectivity index (χ2n) is 8.02. The van der Waals surface area contributed by atoms with Crippen LogP contribution in [-0.2, 0) is 24.9 Å². The molecule has 2 aliphatic rings. The zero-order valence-corrected chi connectivity index (χ0v) is 15.6. The zero-order valence-electron chi connectivity index (χ0n) is 14.8. The molecule has 4 rings (SSSR count). The van der Waals surface area contributed by atoms with Crippen LogP contribution >= 0.6 is 11.3 Å². The third-order valence-corrected chi connectivity index (χ3v) is 6.21. The fourth-order valence-electron chi connectivity index (χ4n) is 3.58. The van der Waals surface area contributed by atoms with Crippen molar-refractivity contribution >= 4 is 11.3 Å². The van der Waals surface area contributed by atoms with E-state index in [9.17, 15) is 0 Å². The Kier molecular flexibility index (Phi) is 4.16. The highest BCUT2D eigenvalue weighted by Crippen LogP contribution is 2.35. The van der Waals surface area contributed by atoms with Crippen molar-refractivity contribution in [1.82, 2.24) is 30.1 Å². The number of hydrogen-bond acceptors (Lipinski definition) is 6. The summed E-state index contributed by atoms with van der Waals surface area (Å²) in [7, 11) is 0. The van der Waals surface area contributed by atoms with Gasteiger partial charge in [-0.15, -0.1) is 21.5 Å². The summed E-state index contributed by atoms with van der Waals surface area (Å²) in [4.78, 5) is 10.7. The molecule has 6 nitrogen and oxygen atoms in total. The van der Waals surface area contributed by atoms with E-state index in [0.29, 0.717) is 5.92 Å². The number of piperidine rings is 1. The first-order valence-electron chi connectivity index (χ1n) is 8.99. The Hall–Kier alpha value is -1.34. The van der Waals surface area contributed by atoms with E-state index in [1.807, 2.05) is 11.3 Å². The van der Waals surface area contributed by atoms with Gasteiger partial charge in [-0.2, -0.15) is 4.80 Å². The maximum absolute atomic E-state index is 4.94. The molecule has 0 spiro atoms. The summed E-state index contributed by atoms with van der Waals surface area (Å²) in [6, 6.07) is 0. The molecule has 2 aromatic heterocycles. The molecule has 1 saturated heterocycles. The topological polar surface area (TPSA) is 59.7 Å². The summed E-state index contributed by atoms with van der Waals surface area (Å²) >= 11 is 1.96. The molecule has 1 atom stereocenters. The van der Waals surface area contributed by atoms with Crippen LogP contribution < -0.4 is 0 Å². The van der Waals surface area contributed by atoms with Crippen LogP contribution in [0.4, 0.5) is 0 Å². The van der Waals surface area contributed by atoms with Gasteiger partial charge in [-0.25, -0.2) is 4.98 Å². The van der Waals surface area contributed by atoms with Gasteiger partial charge in [0.15, 0.2) is 5.82 Å². The van der Waals surface area contributed by atoms with Crippen molar-refractivity contribution in [1.29, 1.82) is 0 Å². The smallest absolute Gasteiger partial charge is 0.188 e. The first kappa shape index (κ1) is 16.1. The van der Waals surface area contributed by atoms with Gasteiger partial charge in [0.05, 0.1) is 22.8 Å². The molecule has 1 aliphatic heterocycles. The van der Waals surface area contributed by atoms with E-state index >= 15 is 0 Å². The van der Waals surface area contributed by atoms with E-state index in [2.05, 4.69) is 41.1 Å². The number of rotatable bonds is 3. The summed E-state index contributed by atoms with van der Waals surface area (Å²) in [6.07, 6.45) is 6.19. The van der Waals surface area contributed by atoms with E-state index in [-0.39, 0.29) is 5.54 Å². The predicted octanol–water partition coefficient (Wildman–Crippen LogP) is 2.75. The van der Waals surface area contributed by atoms with E-state index in [1.54, 1.807) is 4.80 Å². The van der Waals surface area contributed by atoms with Crippen LogP contribution in [0.15, 0.2) is 0 Å². The monoisotopic (exact) mass is 346 g/mol. The van der Waals surface area contributed by atoms with Crippen LogP contribution in [0.1, 0.15) is 67.4 Å². The van der Waals surface area contributed by atoms with E-state index in [0.717, 1.165) is 25.5 Å². The molecule has 2 aromatic rings. The summed E-state index contributed by atoms with van der Waals surface area (Å²) in [5, 5.41) is 14.4. The molecule has 24 heavy (non-hydrogen) atoms. The number of thiazole rings is 1. The van der Waals surface area contributed by atoms with Crippen molar-refractivity contribution in [3.63, 3.8) is 0 Å². The molecular weight excluding hydrogens is 320 g/mol. The van der Waals surface area contributed by atoms with Gasteiger partial charge in [-0.1, -0.05) is 0 Å². The first-order valence-corrected chi connectivity index (χ1v) is 9.81. The van der Waals surface area contributed by atoms with Gasteiger partial charge in [0.1, 0.15) is 0 Å². The first-order chi connectivity index (χ1) is 11.5. The number of likely N-dealkylation sites (tertiary alicyclic amines) is 1. The Morgan fingerprint density at radius 2 is 2.08 bits per heavy atom. The number of aromatic nitrogens is 5. The Morgan fingerprint density at radius 3 is 2.83 bits per heavy atom. The molecule has 0 amide bonds. The van der Waals surface area contributed by atoms with Crippen molar-refractivity contribution in [2.45, 2.75) is 70.9 Å². The van der Waals surface area contributed by atoms with Crippen molar-refractivity contribution in [2.24, 2.45) is 0 Å². The normalized spacial score (nSPS) is 22.0. The molecule has 1 fully saturated rings. The zero-order chi connectivity index (χ0) is 16.7. The highest BCUT2D eigenvalue weighted by molar-refractivity contribution is 7.11. The van der Waals surface area contributed by atoms with E-state index in [1.165, 1.54) is 47.7 Å². The maximum atomic E-state index is 4.94. The Morgan fingerprint density at radius 1 is 1.21 bits per heavy atom. The molecule has 7 heteroatoms. The molecule has 3 heterocycles. The van der Waals surface area contributed by atoms with Gasteiger partial charge < -0.3 is 0 Å². The van der Waals surface area contributed by atoms with Crippen LogP contribution in [0.25, 0.3) is 0 Å². The number of nitrogens with zero attached hydrogens (tertiary/aromatic N) is 6. The van der Waals surface area contributed by atoms with Crippen molar-refractivity contribution in [3.05, 3.63) is 21.4 Å². The van der Waals surface area contributed by atoms with E-state index in [4.69, 9.17) is 4.98 Å². The Balaban J connectivity index is 1.42. The second-order valence-corrected chi connectivity index (χ2v) is 9.13. The Bertz CT molecular complexity index is 691. The third-order valence-electron chi connectivity index (χ3n) is 4.89. The summed E-state index contributed by atoms with van der Waals surface area (Å²) < 4.78 is 0. The SMILES string of the molecule is CC(C)(C)n1nnc(CN2CCC[C@H](c3nc4c(s3)CCC4)C2)n1.